The summed E-state index contributed by atoms with van der Waals surface area (Å²) in [4.78, 5) is 12.1. The van der Waals surface area contributed by atoms with Crippen LogP contribution < -0.4 is 0 Å². The molecule has 0 saturated heterocycles. The fourth-order valence-electron chi connectivity index (χ4n) is 6.98. The van der Waals surface area contributed by atoms with Crippen molar-refractivity contribution in [1.82, 2.24) is 0 Å². The molecule has 4 rings (SSSR count). The SMILES string of the molecule is CC1=C2CC[C@@H]3[C@H]4C[C@@H](O)CC[C@]4(C)CC[C@@]3(C)[C@@H]2CCC1=O. The van der Waals surface area contributed by atoms with Gasteiger partial charge in [0.15, 0.2) is 5.78 Å². The average Bonchev–Trinajstić information content (AvgIpc) is 2.52. The fraction of sp³-hybridized carbons (Fsp3) is 0.857. The van der Waals surface area contributed by atoms with Crippen LogP contribution in [0.5, 0.6) is 0 Å². The molecule has 0 aromatic heterocycles. The highest BCUT2D eigenvalue weighted by molar-refractivity contribution is 5.96. The molecule has 6 atom stereocenters. The number of allylic oxidation sites excluding steroid dienone is 2. The zero-order chi connectivity index (χ0) is 16.4. The molecular formula is C21H32O2. The molecule has 0 unspecified atom stereocenters. The van der Waals surface area contributed by atoms with Crippen LogP contribution in [-0.4, -0.2) is 17.0 Å². The predicted molar refractivity (Wildman–Crippen MR) is 92.0 cm³/mol. The molecule has 23 heavy (non-hydrogen) atoms. The summed E-state index contributed by atoms with van der Waals surface area (Å²) in [7, 11) is 0. The first-order valence-corrected chi connectivity index (χ1v) is 9.76. The minimum atomic E-state index is -0.0815. The van der Waals surface area contributed by atoms with Gasteiger partial charge in [-0.2, -0.15) is 0 Å². The van der Waals surface area contributed by atoms with Gasteiger partial charge in [0, 0.05) is 6.42 Å². The first-order chi connectivity index (χ1) is 10.8. The van der Waals surface area contributed by atoms with Crippen molar-refractivity contribution >= 4 is 5.78 Å². The van der Waals surface area contributed by atoms with E-state index in [9.17, 15) is 9.90 Å². The molecule has 0 bridgehead atoms. The van der Waals surface area contributed by atoms with E-state index in [0.717, 1.165) is 43.6 Å². The molecule has 2 heteroatoms. The molecule has 0 aliphatic heterocycles. The molecule has 0 heterocycles. The molecule has 0 radical (unpaired) electrons. The summed E-state index contributed by atoms with van der Waals surface area (Å²) in [5, 5.41) is 10.3. The maximum atomic E-state index is 12.1. The number of ketones is 1. The average molecular weight is 316 g/mol. The van der Waals surface area contributed by atoms with E-state index in [1.165, 1.54) is 31.3 Å². The number of rotatable bonds is 0. The maximum absolute atomic E-state index is 12.1. The fourth-order valence-corrected chi connectivity index (χ4v) is 6.98. The number of hydrogen-bond acceptors (Lipinski definition) is 2. The van der Waals surface area contributed by atoms with Gasteiger partial charge in [-0.1, -0.05) is 19.4 Å². The third-order valence-electron chi connectivity index (χ3n) is 8.54. The maximum Gasteiger partial charge on any atom is 0.158 e. The first kappa shape index (κ1) is 15.9. The van der Waals surface area contributed by atoms with Crippen molar-refractivity contribution in [3.8, 4) is 0 Å². The van der Waals surface area contributed by atoms with E-state index >= 15 is 0 Å². The smallest absolute Gasteiger partial charge is 0.158 e. The summed E-state index contributed by atoms with van der Waals surface area (Å²) in [5.74, 6) is 2.45. The molecule has 3 saturated carbocycles. The van der Waals surface area contributed by atoms with Crippen molar-refractivity contribution in [3.63, 3.8) is 0 Å². The Morgan fingerprint density at radius 1 is 1.00 bits per heavy atom. The van der Waals surface area contributed by atoms with E-state index in [1.807, 2.05) is 0 Å². The summed E-state index contributed by atoms with van der Waals surface area (Å²) in [6.45, 7) is 7.08. The lowest BCUT2D eigenvalue weighted by atomic mass is 9.42. The second-order valence-electron chi connectivity index (χ2n) is 9.50. The Morgan fingerprint density at radius 2 is 1.78 bits per heavy atom. The molecule has 3 fully saturated rings. The topological polar surface area (TPSA) is 37.3 Å². The van der Waals surface area contributed by atoms with E-state index in [-0.39, 0.29) is 6.10 Å². The van der Waals surface area contributed by atoms with E-state index < -0.39 is 0 Å². The molecule has 1 N–H and O–H groups in total. The third-order valence-corrected chi connectivity index (χ3v) is 8.54. The van der Waals surface area contributed by atoms with Crippen molar-refractivity contribution in [2.24, 2.45) is 28.6 Å². The number of carbonyl (C=O) groups is 1. The van der Waals surface area contributed by atoms with Gasteiger partial charge < -0.3 is 5.11 Å². The predicted octanol–water partition coefficient (Wildman–Crippen LogP) is 4.66. The molecule has 0 amide bonds. The second kappa shape index (κ2) is 5.18. The highest BCUT2D eigenvalue weighted by atomic mass is 16.3. The molecule has 0 aromatic carbocycles. The Kier molecular flexibility index (Phi) is 3.58. The number of hydrogen-bond donors (Lipinski definition) is 1. The lowest BCUT2D eigenvalue weighted by Crippen LogP contribution is -2.55. The van der Waals surface area contributed by atoms with Gasteiger partial charge in [-0.05, 0) is 92.4 Å². The number of aliphatic hydroxyl groups excluding tert-OH is 1. The Bertz CT molecular complexity index is 562. The lowest BCUT2D eigenvalue weighted by molar-refractivity contribution is -0.128. The van der Waals surface area contributed by atoms with Gasteiger partial charge in [-0.15, -0.1) is 0 Å². The molecule has 2 nitrogen and oxygen atoms in total. The number of carbonyl (C=O) groups excluding carboxylic acids is 1. The van der Waals surface area contributed by atoms with E-state index in [4.69, 9.17) is 0 Å². The van der Waals surface area contributed by atoms with Gasteiger partial charge in [-0.25, -0.2) is 0 Å². The summed E-state index contributed by atoms with van der Waals surface area (Å²) in [6, 6.07) is 0. The highest BCUT2D eigenvalue weighted by Crippen LogP contribution is 2.66. The van der Waals surface area contributed by atoms with Crippen LogP contribution in [0.15, 0.2) is 11.1 Å². The van der Waals surface area contributed by atoms with Gasteiger partial charge >= 0.3 is 0 Å². The van der Waals surface area contributed by atoms with E-state index in [1.54, 1.807) is 0 Å². The number of fused-ring (bicyclic) bond motifs is 5. The molecule has 4 aliphatic carbocycles. The molecule has 0 spiro atoms. The van der Waals surface area contributed by atoms with Gasteiger partial charge in [0.1, 0.15) is 0 Å². The Morgan fingerprint density at radius 3 is 2.57 bits per heavy atom. The normalized spacial score (nSPS) is 50.2. The zero-order valence-electron chi connectivity index (χ0n) is 15.0. The Hall–Kier alpha value is -0.630. The minimum Gasteiger partial charge on any atom is -0.393 e. The largest absolute Gasteiger partial charge is 0.393 e. The van der Waals surface area contributed by atoms with Crippen molar-refractivity contribution < 1.29 is 9.90 Å². The quantitative estimate of drug-likeness (QED) is 0.706. The van der Waals surface area contributed by atoms with Crippen LogP contribution in [-0.2, 0) is 4.79 Å². The number of aliphatic hydroxyl groups is 1. The van der Waals surface area contributed by atoms with E-state index in [2.05, 4.69) is 20.8 Å². The summed E-state index contributed by atoms with van der Waals surface area (Å²) in [6.07, 6.45) is 9.96. The van der Waals surface area contributed by atoms with Gasteiger partial charge in [0.2, 0.25) is 0 Å². The first-order valence-electron chi connectivity index (χ1n) is 9.76. The third kappa shape index (κ3) is 2.20. The van der Waals surface area contributed by atoms with Gasteiger partial charge in [0.05, 0.1) is 6.10 Å². The van der Waals surface area contributed by atoms with Crippen LogP contribution in [0.4, 0.5) is 0 Å². The lowest BCUT2D eigenvalue weighted by Gasteiger charge is -2.62. The van der Waals surface area contributed by atoms with Crippen LogP contribution in [0.25, 0.3) is 0 Å². The minimum absolute atomic E-state index is 0.0815. The summed E-state index contributed by atoms with van der Waals surface area (Å²) in [5.41, 5.74) is 3.40. The number of Topliss-reactive ketones (excluding diaryl/α,β-unsaturated/α-hetero) is 1. The Balaban J connectivity index is 1.71. The van der Waals surface area contributed by atoms with Crippen molar-refractivity contribution in [1.29, 1.82) is 0 Å². The van der Waals surface area contributed by atoms with Crippen molar-refractivity contribution in [2.75, 3.05) is 0 Å². The van der Waals surface area contributed by atoms with Crippen LogP contribution >= 0.6 is 0 Å². The monoisotopic (exact) mass is 316 g/mol. The van der Waals surface area contributed by atoms with Crippen molar-refractivity contribution in [2.45, 2.75) is 84.7 Å². The van der Waals surface area contributed by atoms with Gasteiger partial charge in [-0.3, -0.25) is 4.79 Å². The van der Waals surface area contributed by atoms with Crippen molar-refractivity contribution in [3.05, 3.63) is 11.1 Å². The van der Waals surface area contributed by atoms with Gasteiger partial charge in [0.25, 0.3) is 0 Å². The Labute approximate surface area is 140 Å². The molecular weight excluding hydrogens is 284 g/mol. The molecule has 4 aliphatic rings. The van der Waals surface area contributed by atoms with Crippen LogP contribution in [0, 0.1) is 28.6 Å². The van der Waals surface area contributed by atoms with Crippen LogP contribution in [0.2, 0.25) is 0 Å². The zero-order valence-corrected chi connectivity index (χ0v) is 15.0. The molecule has 0 aromatic rings. The molecule has 128 valence electrons. The highest BCUT2D eigenvalue weighted by Gasteiger charge is 2.58. The van der Waals surface area contributed by atoms with E-state index in [0.29, 0.717) is 28.4 Å². The second-order valence-corrected chi connectivity index (χ2v) is 9.50. The van der Waals surface area contributed by atoms with Crippen LogP contribution in [0.1, 0.15) is 78.6 Å². The van der Waals surface area contributed by atoms with Crippen LogP contribution in [0.3, 0.4) is 0 Å². The standard InChI is InChI=1S/C21H32O2/c1-13-15-4-5-17-18-12-14(22)8-9-20(18,2)10-11-21(17,3)16(15)6-7-19(13)23/h14,16-18,22H,4-12H2,1-3H3/t14-,16+,17+,18+,20+,21-/m0/s1. The summed E-state index contributed by atoms with van der Waals surface area (Å²) < 4.78 is 0. The summed E-state index contributed by atoms with van der Waals surface area (Å²) >= 11 is 0.